The molecule has 2 heterocycles. The van der Waals surface area contributed by atoms with Gasteiger partial charge in [0.05, 0.1) is 12.3 Å². The molecule has 126 valence electrons. The van der Waals surface area contributed by atoms with Crippen LogP contribution < -0.4 is 10.6 Å². The maximum Gasteiger partial charge on any atom is 0.287 e. The normalized spacial score (nSPS) is 17.5. The fourth-order valence-electron chi connectivity index (χ4n) is 2.77. The first kappa shape index (κ1) is 17.3. The first-order valence-electron chi connectivity index (χ1n) is 8.00. The summed E-state index contributed by atoms with van der Waals surface area (Å²) in [5.74, 6) is 0.228. The molecule has 1 atom stereocenters. The fraction of sp³-hybridized carbons (Fsp3) is 0.529. The highest BCUT2D eigenvalue weighted by Gasteiger charge is 2.27. The molecule has 2 N–H and O–H groups in total. The molecule has 2 amide bonds. The molecular formula is C17H25N3O3. The van der Waals surface area contributed by atoms with E-state index in [1.54, 1.807) is 12.1 Å². The number of hydrogen-bond acceptors (Lipinski definition) is 4. The van der Waals surface area contributed by atoms with E-state index in [4.69, 9.17) is 4.42 Å². The quantitative estimate of drug-likeness (QED) is 0.779. The number of carbonyl (C=O) groups excluding carboxylic acids is 2. The molecule has 0 aromatic carbocycles. The molecule has 23 heavy (non-hydrogen) atoms. The maximum absolute atomic E-state index is 12.1. The van der Waals surface area contributed by atoms with Crippen molar-refractivity contribution in [2.45, 2.75) is 38.8 Å². The number of piperidine rings is 1. The van der Waals surface area contributed by atoms with E-state index >= 15 is 0 Å². The van der Waals surface area contributed by atoms with Crippen LogP contribution >= 0.6 is 0 Å². The lowest BCUT2D eigenvalue weighted by molar-refractivity contribution is -0.126. The molecule has 0 spiro atoms. The Morgan fingerprint density at radius 2 is 2.17 bits per heavy atom. The third-order valence-corrected chi connectivity index (χ3v) is 4.28. The van der Waals surface area contributed by atoms with Gasteiger partial charge in [0.25, 0.3) is 5.91 Å². The maximum atomic E-state index is 12.1. The minimum atomic E-state index is -0.168. The Morgan fingerprint density at radius 1 is 1.48 bits per heavy atom. The highest BCUT2D eigenvalue weighted by atomic mass is 16.3. The Kier molecular flexibility index (Phi) is 5.98. The molecule has 6 heteroatoms. The number of nitrogens with zero attached hydrogens (tertiary/aromatic N) is 1. The monoisotopic (exact) mass is 319 g/mol. The van der Waals surface area contributed by atoms with Crippen LogP contribution in [-0.2, 0) is 4.79 Å². The summed E-state index contributed by atoms with van der Waals surface area (Å²) in [7, 11) is 0. The first-order chi connectivity index (χ1) is 11.0. The number of nitrogens with one attached hydrogen (secondary N) is 2. The van der Waals surface area contributed by atoms with E-state index in [-0.39, 0.29) is 23.9 Å². The minimum absolute atomic E-state index is 0.0126. The summed E-state index contributed by atoms with van der Waals surface area (Å²) in [6.45, 7) is 9.40. The molecule has 0 saturated carbocycles. The molecule has 1 aliphatic heterocycles. The Bertz CT molecular complexity index is 559. The molecular weight excluding hydrogens is 294 g/mol. The van der Waals surface area contributed by atoms with Crippen LogP contribution in [0, 0.1) is 6.92 Å². The number of amides is 2. The zero-order chi connectivity index (χ0) is 16.8. The van der Waals surface area contributed by atoms with Crippen molar-refractivity contribution in [2.24, 2.45) is 0 Å². The number of aryl methyl sites for hydroxylation is 1. The van der Waals surface area contributed by atoms with E-state index in [0.29, 0.717) is 12.3 Å². The van der Waals surface area contributed by atoms with E-state index in [9.17, 15) is 9.59 Å². The summed E-state index contributed by atoms with van der Waals surface area (Å²) in [5.41, 5.74) is 0.840. The van der Waals surface area contributed by atoms with E-state index in [0.717, 1.165) is 31.5 Å². The molecule has 1 aromatic heterocycles. The van der Waals surface area contributed by atoms with Gasteiger partial charge < -0.3 is 15.1 Å². The smallest absolute Gasteiger partial charge is 0.287 e. The van der Waals surface area contributed by atoms with Gasteiger partial charge in [-0.25, -0.2) is 0 Å². The highest BCUT2D eigenvalue weighted by Crippen LogP contribution is 2.15. The van der Waals surface area contributed by atoms with Crippen LogP contribution in [0.5, 0.6) is 0 Å². The predicted molar refractivity (Wildman–Crippen MR) is 88.2 cm³/mol. The fourth-order valence-corrected chi connectivity index (χ4v) is 2.77. The molecule has 0 radical (unpaired) electrons. The van der Waals surface area contributed by atoms with Crippen LogP contribution in [0.15, 0.2) is 29.4 Å². The third kappa shape index (κ3) is 4.45. The lowest BCUT2D eigenvalue weighted by Crippen LogP contribution is -2.51. The standard InChI is InChI=1S/C17H25N3O3/c1-4-8-18-16(21)13(3)20-9-5-14(6-10-20)19-17(22)15-12(2)7-11-23-15/h4,7,11,13-14H,1,5-6,8-10H2,2-3H3,(H,18,21)(H,19,22). The Balaban J connectivity index is 1.79. The summed E-state index contributed by atoms with van der Waals surface area (Å²) in [6.07, 6.45) is 4.84. The van der Waals surface area contributed by atoms with Gasteiger partial charge in [-0.2, -0.15) is 0 Å². The second kappa shape index (κ2) is 7.97. The summed E-state index contributed by atoms with van der Waals surface area (Å²) in [5, 5.41) is 5.83. The van der Waals surface area contributed by atoms with Gasteiger partial charge in [-0.3, -0.25) is 14.5 Å². The minimum Gasteiger partial charge on any atom is -0.459 e. The molecule has 1 aromatic rings. The topological polar surface area (TPSA) is 74.6 Å². The van der Waals surface area contributed by atoms with Crippen LogP contribution in [0.3, 0.4) is 0 Å². The highest BCUT2D eigenvalue weighted by molar-refractivity contribution is 5.93. The summed E-state index contributed by atoms with van der Waals surface area (Å²) < 4.78 is 5.21. The van der Waals surface area contributed by atoms with Crippen molar-refractivity contribution >= 4 is 11.8 Å². The number of likely N-dealkylation sites (tertiary alicyclic amines) is 1. The lowest BCUT2D eigenvalue weighted by atomic mass is 10.0. The SMILES string of the molecule is C=CCNC(=O)C(C)N1CCC(NC(=O)c2occc2C)CC1. The largest absolute Gasteiger partial charge is 0.459 e. The van der Waals surface area contributed by atoms with Gasteiger partial charge in [0, 0.05) is 31.2 Å². The molecule has 1 fully saturated rings. The van der Waals surface area contributed by atoms with E-state index in [2.05, 4.69) is 22.1 Å². The Hall–Kier alpha value is -2.08. The van der Waals surface area contributed by atoms with Gasteiger partial charge in [-0.05, 0) is 32.8 Å². The number of rotatable bonds is 6. The van der Waals surface area contributed by atoms with Crippen molar-refractivity contribution in [3.05, 3.63) is 36.3 Å². The molecule has 0 aliphatic carbocycles. The van der Waals surface area contributed by atoms with Crippen molar-refractivity contribution < 1.29 is 14.0 Å². The van der Waals surface area contributed by atoms with E-state index < -0.39 is 0 Å². The second-order valence-corrected chi connectivity index (χ2v) is 5.93. The van der Waals surface area contributed by atoms with Crippen molar-refractivity contribution in [2.75, 3.05) is 19.6 Å². The molecule has 1 aliphatic rings. The van der Waals surface area contributed by atoms with Crippen molar-refractivity contribution in [1.29, 1.82) is 0 Å². The van der Waals surface area contributed by atoms with Crippen LogP contribution in [-0.4, -0.2) is 48.4 Å². The van der Waals surface area contributed by atoms with E-state index in [1.807, 2.05) is 13.8 Å². The van der Waals surface area contributed by atoms with Crippen molar-refractivity contribution in [3.63, 3.8) is 0 Å². The first-order valence-corrected chi connectivity index (χ1v) is 8.00. The molecule has 2 rings (SSSR count). The zero-order valence-corrected chi connectivity index (χ0v) is 13.8. The molecule has 1 saturated heterocycles. The third-order valence-electron chi connectivity index (χ3n) is 4.28. The van der Waals surface area contributed by atoms with E-state index in [1.165, 1.54) is 6.26 Å². The van der Waals surface area contributed by atoms with Crippen LogP contribution in [0.1, 0.15) is 35.9 Å². The lowest BCUT2D eigenvalue weighted by Gasteiger charge is -2.35. The summed E-state index contributed by atoms with van der Waals surface area (Å²) in [4.78, 5) is 26.3. The van der Waals surface area contributed by atoms with Gasteiger partial charge in [0.15, 0.2) is 5.76 Å². The Morgan fingerprint density at radius 3 is 2.74 bits per heavy atom. The number of carbonyl (C=O) groups is 2. The second-order valence-electron chi connectivity index (χ2n) is 5.93. The van der Waals surface area contributed by atoms with Crippen molar-refractivity contribution in [1.82, 2.24) is 15.5 Å². The summed E-state index contributed by atoms with van der Waals surface area (Å²) >= 11 is 0. The number of hydrogen-bond donors (Lipinski definition) is 2. The van der Waals surface area contributed by atoms with Gasteiger partial charge >= 0.3 is 0 Å². The average molecular weight is 319 g/mol. The molecule has 6 nitrogen and oxygen atoms in total. The van der Waals surface area contributed by atoms with Crippen molar-refractivity contribution in [3.8, 4) is 0 Å². The average Bonchev–Trinajstić information content (AvgIpc) is 2.98. The summed E-state index contributed by atoms with van der Waals surface area (Å²) in [6, 6.07) is 1.73. The Labute approximate surface area is 136 Å². The molecule has 0 bridgehead atoms. The van der Waals surface area contributed by atoms with Gasteiger partial charge in [-0.1, -0.05) is 6.08 Å². The predicted octanol–water partition coefficient (Wildman–Crippen LogP) is 1.47. The zero-order valence-electron chi connectivity index (χ0n) is 13.8. The number of furan rings is 1. The van der Waals surface area contributed by atoms with Gasteiger partial charge in [0.1, 0.15) is 0 Å². The van der Waals surface area contributed by atoms with Gasteiger partial charge in [0.2, 0.25) is 5.91 Å². The van der Waals surface area contributed by atoms with Crippen LogP contribution in [0.4, 0.5) is 0 Å². The molecule has 1 unspecified atom stereocenters. The van der Waals surface area contributed by atoms with Gasteiger partial charge in [-0.15, -0.1) is 6.58 Å². The van der Waals surface area contributed by atoms with Crippen LogP contribution in [0.25, 0.3) is 0 Å². The van der Waals surface area contributed by atoms with Crippen LogP contribution in [0.2, 0.25) is 0 Å².